The minimum atomic E-state index is 0.660. The molecule has 0 spiro atoms. The molecule has 0 radical (unpaired) electrons. The standard InChI is InChI=1S/C15H26N2S/c1-12(2)4-6-16-14-8-13(3)9-17(10-14)15-5-7-18-11-15/h5,7,11-14,16H,4,6,8-10H2,1-3H3. The smallest absolute Gasteiger partial charge is 0.0475 e. The van der Waals surface area contributed by atoms with Crippen molar-refractivity contribution >= 4 is 17.0 Å². The molecular formula is C15H26N2S. The highest BCUT2D eigenvalue weighted by molar-refractivity contribution is 7.08. The van der Waals surface area contributed by atoms with Crippen LogP contribution in [0.4, 0.5) is 5.69 Å². The largest absolute Gasteiger partial charge is 0.369 e. The monoisotopic (exact) mass is 266 g/mol. The summed E-state index contributed by atoms with van der Waals surface area (Å²) in [5.41, 5.74) is 1.40. The summed E-state index contributed by atoms with van der Waals surface area (Å²) in [4.78, 5) is 2.54. The van der Waals surface area contributed by atoms with Crippen LogP contribution in [-0.2, 0) is 0 Å². The van der Waals surface area contributed by atoms with Crippen molar-refractivity contribution in [2.45, 2.75) is 39.7 Å². The van der Waals surface area contributed by atoms with Gasteiger partial charge in [0.25, 0.3) is 0 Å². The first-order valence-corrected chi connectivity index (χ1v) is 8.10. The van der Waals surface area contributed by atoms with Gasteiger partial charge in [-0.25, -0.2) is 0 Å². The highest BCUT2D eigenvalue weighted by Crippen LogP contribution is 2.25. The van der Waals surface area contributed by atoms with Crippen LogP contribution in [0.1, 0.15) is 33.6 Å². The van der Waals surface area contributed by atoms with Crippen molar-refractivity contribution < 1.29 is 0 Å². The summed E-state index contributed by atoms with van der Waals surface area (Å²) < 4.78 is 0. The first kappa shape index (κ1) is 13.9. The van der Waals surface area contributed by atoms with E-state index in [1.807, 2.05) is 0 Å². The van der Waals surface area contributed by atoms with Crippen LogP contribution < -0.4 is 10.2 Å². The molecule has 1 fully saturated rings. The molecule has 0 aliphatic carbocycles. The molecule has 2 nitrogen and oxygen atoms in total. The quantitative estimate of drug-likeness (QED) is 0.876. The van der Waals surface area contributed by atoms with Gasteiger partial charge in [0.1, 0.15) is 0 Å². The van der Waals surface area contributed by atoms with Crippen LogP contribution in [0.15, 0.2) is 16.8 Å². The van der Waals surface area contributed by atoms with Crippen molar-refractivity contribution in [3.63, 3.8) is 0 Å². The zero-order valence-electron chi connectivity index (χ0n) is 11.9. The van der Waals surface area contributed by atoms with Gasteiger partial charge < -0.3 is 10.2 Å². The van der Waals surface area contributed by atoms with E-state index in [1.165, 1.54) is 31.6 Å². The molecule has 0 saturated carbocycles. The average molecular weight is 266 g/mol. The van der Waals surface area contributed by atoms with Gasteiger partial charge in [0, 0.05) is 30.2 Å². The maximum Gasteiger partial charge on any atom is 0.0475 e. The Labute approximate surface area is 115 Å². The van der Waals surface area contributed by atoms with E-state index < -0.39 is 0 Å². The van der Waals surface area contributed by atoms with Crippen LogP contribution in [0.3, 0.4) is 0 Å². The summed E-state index contributed by atoms with van der Waals surface area (Å²) in [5, 5.41) is 8.18. The zero-order chi connectivity index (χ0) is 13.0. The summed E-state index contributed by atoms with van der Waals surface area (Å²) in [6.07, 6.45) is 2.60. The third kappa shape index (κ3) is 3.99. The first-order chi connectivity index (χ1) is 8.65. The van der Waals surface area contributed by atoms with E-state index in [2.05, 4.69) is 47.8 Å². The van der Waals surface area contributed by atoms with Crippen molar-refractivity contribution in [2.24, 2.45) is 11.8 Å². The number of rotatable bonds is 5. The van der Waals surface area contributed by atoms with Crippen molar-refractivity contribution in [3.05, 3.63) is 16.8 Å². The fourth-order valence-electron chi connectivity index (χ4n) is 2.72. The van der Waals surface area contributed by atoms with Gasteiger partial charge in [-0.05, 0) is 42.7 Å². The van der Waals surface area contributed by atoms with Crippen molar-refractivity contribution in [2.75, 3.05) is 24.5 Å². The van der Waals surface area contributed by atoms with Crippen molar-refractivity contribution in [1.82, 2.24) is 5.32 Å². The first-order valence-electron chi connectivity index (χ1n) is 7.15. The Morgan fingerprint density at radius 1 is 1.44 bits per heavy atom. The maximum atomic E-state index is 3.74. The number of anilines is 1. The maximum absolute atomic E-state index is 3.74. The molecule has 0 bridgehead atoms. The lowest BCUT2D eigenvalue weighted by Crippen LogP contribution is -2.49. The van der Waals surface area contributed by atoms with Gasteiger partial charge in [0.15, 0.2) is 0 Å². The molecule has 18 heavy (non-hydrogen) atoms. The van der Waals surface area contributed by atoms with E-state index in [0.29, 0.717) is 6.04 Å². The molecule has 0 amide bonds. The predicted molar refractivity (Wildman–Crippen MR) is 81.6 cm³/mol. The molecule has 3 heteroatoms. The third-order valence-electron chi connectivity index (χ3n) is 3.69. The highest BCUT2D eigenvalue weighted by atomic mass is 32.1. The molecule has 2 heterocycles. The minimum Gasteiger partial charge on any atom is -0.369 e. The minimum absolute atomic E-state index is 0.660. The highest BCUT2D eigenvalue weighted by Gasteiger charge is 2.24. The van der Waals surface area contributed by atoms with E-state index in [-0.39, 0.29) is 0 Å². The Bertz CT molecular complexity index is 334. The Hall–Kier alpha value is -0.540. The Morgan fingerprint density at radius 3 is 2.94 bits per heavy atom. The summed E-state index contributed by atoms with van der Waals surface area (Å²) >= 11 is 1.80. The molecular weight excluding hydrogens is 240 g/mol. The third-order valence-corrected chi connectivity index (χ3v) is 4.36. The zero-order valence-corrected chi connectivity index (χ0v) is 12.7. The van der Waals surface area contributed by atoms with Gasteiger partial charge >= 0.3 is 0 Å². The number of thiophene rings is 1. The summed E-state index contributed by atoms with van der Waals surface area (Å²) in [7, 11) is 0. The summed E-state index contributed by atoms with van der Waals surface area (Å²) in [6.45, 7) is 10.5. The molecule has 1 saturated heterocycles. The van der Waals surface area contributed by atoms with Gasteiger partial charge in [-0.2, -0.15) is 11.3 Å². The number of hydrogen-bond acceptors (Lipinski definition) is 3. The summed E-state index contributed by atoms with van der Waals surface area (Å²) in [6, 6.07) is 2.90. The molecule has 1 aromatic heterocycles. The number of hydrogen-bond donors (Lipinski definition) is 1. The Balaban J connectivity index is 1.85. The molecule has 1 N–H and O–H groups in total. The lowest BCUT2D eigenvalue weighted by molar-refractivity contribution is 0.344. The van der Waals surface area contributed by atoms with Crippen LogP contribution in [0.2, 0.25) is 0 Å². The van der Waals surface area contributed by atoms with Gasteiger partial charge in [-0.1, -0.05) is 20.8 Å². The second kappa shape index (κ2) is 6.58. The van der Waals surface area contributed by atoms with Crippen LogP contribution in [0.5, 0.6) is 0 Å². The van der Waals surface area contributed by atoms with E-state index in [9.17, 15) is 0 Å². The van der Waals surface area contributed by atoms with Crippen LogP contribution in [-0.4, -0.2) is 25.7 Å². The molecule has 0 aromatic carbocycles. The predicted octanol–water partition coefficient (Wildman–Crippen LogP) is 3.60. The van der Waals surface area contributed by atoms with Crippen LogP contribution in [0, 0.1) is 11.8 Å². The topological polar surface area (TPSA) is 15.3 Å². The second-order valence-corrected chi connectivity index (χ2v) is 6.84. The van der Waals surface area contributed by atoms with E-state index in [0.717, 1.165) is 18.4 Å². The molecule has 2 rings (SSSR count). The van der Waals surface area contributed by atoms with Gasteiger partial charge in [0.05, 0.1) is 0 Å². The fraction of sp³-hybridized carbons (Fsp3) is 0.733. The van der Waals surface area contributed by atoms with E-state index in [4.69, 9.17) is 0 Å². The van der Waals surface area contributed by atoms with Crippen molar-refractivity contribution in [3.8, 4) is 0 Å². The Morgan fingerprint density at radius 2 is 2.28 bits per heavy atom. The molecule has 1 aliphatic heterocycles. The average Bonchev–Trinajstić information content (AvgIpc) is 2.81. The van der Waals surface area contributed by atoms with Gasteiger partial charge in [-0.3, -0.25) is 0 Å². The van der Waals surface area contributed by atoms with Gasteiger partial charge in [0.2, 0.25) is 0 Å². The van der Waals surface area contributed by atoms with E-state index in [1.54, 1.807) is 11.3 Å². The molecule has 1 aliphatic rings. The van der Waals surface area contributed by atoms with Crippen LogP contribution >= 0.6 is 11.3 Å². The lowest BCUT2D eigenvalue weighted by atomic mass is 9.95. The molecule has 1 aromatic rings. The van der Waals surface area contributed by atoms with E-state index >= 15 is 0 Å². The molecule has 2 unspecified atom stereocenters. The second-order valence-electron chi connectivity index (χ2n) is 6.06. The Kier molecular flexibility index (Phi) is 5.07. The van der Waals surface area contributed by atoms with Crippen molar-refractivity contribution in [1.29, 1.82) is 0 Å². The number of piperidine rings is 1. The lowest BCUT2D eigenvalue weighted by Gasteiger charge is -2.38. The number of nitrogens with one attached hydrogen (secondary N) is 1. The normalized spacial score (nSPS) is 24.8. The van der Waals surface area contributed by atoms with Crippen LogP contribution in [0.25, 0.3) is 0 Å². The molecule has 2 atom stereocenters. The summed E-state index contributed by atoms with van der Waals surface area (Å²) in [5.74, 6) is 1.58. The fourth-order valence-corrected chi connectivity index (χ4v) is 3.39. The molecule has 102 valence electrons. The van der Waals surface area contributed by atoms with Gasteiger partial charge in [-0.15, -0.1) is 0 Å². The SMILES string of the molecule is CC(C)CCNC1CC(C)CN(c2ccsc2)C1. The number of nitrogens with zero attached hydrogens (tertiary/aromatic N) is 1.